The Morgan fingerprint density at radius 2 is 1.76 bits per heavy atom. The van der Waals surface area contributed by atoms with Crippen molar-refractivity contribution in [2.75, 3.05) is 26.2 Å². The normalized spacial score (nSPS) is 32.0. The molecule has 2 rings (SSSR count). The third-order valence-corrected chi connectivity index (χ3v) is 4.03. The number of nitrogens with one attached hydrogen (secondary N) is 1. The molecule has 2 aliphatic rings. The fourth-order valence-electron chi connectivity index (χ4n) is 2.79. The first-order chi connectivity index (χ1) is 9.76. The highest BCUT2D eigenvalue weighted by molar-refractivity contribution is 5.68. The van der Waals surface area contributed by atoms with Gasteiger partial charge in [0.2, 0.25) is 0 Å². The monoisotopic (exact) mass is 299 g/mol. The number of ether oxygens (including phenoxy) is 1. The maximum atomic E-state index is 12.0. The van der Waals surface area contributed by atoms with Crippen molar-refractivity contribution in [1.82, 2.24) is 15.1 Å². The average Bonchev–Trinajstić information content (AvgIpc) is 2.40. The van der Waals surface area contributed by atoms with Gasteiger partial charge in [0.15, 0.2) is 0 Å². The Hall–Kier alpha value is -0.890. The molecule has 2 saturated heterocycles. The summed E-state index contributed by atoms with van der Waals surface area (Å²) < 4.78 is 5.41. The number of piperazine rings is 1. The number of piperidine rings is 1. The molecule has 0 bridgehead atoms. The zero-order chi connectivity index (χ0) is 15.6. The molecule has 0 radical (unpaired) electrons. The summed E-state index contributed by atoms with van der Waals surface area (Å²) in [4.78, 5) is 16.1. The maximum absolute atomic E-state index is 12.0. The van der Waals surface area contributed by atoms with Crippen molar-refractivity contribution in [3.63, 3.8) is 0 Å². The summed E-state index contributed by atoms with van der Waals surface area (Å²) in [6, 6.07) is 0.0318. The minimum atomic E-state index is -0.442. The van der Waals surface area contributed by atoms with E-state index in [-0.39, 0.29) is 24.5 Å². The van der Waals surface area contributed by atoms with E-state index in [4.69, 9.17) is 16.2 Å². The van der Waals surface area contributed by atoms with Crippen LogP contribution in [0, 0.1) is 0 Å². The number of nitrogens with two attached hydrogens (primary N) is 2. The van der Waals surface area contributed by atoms with Crippen molar-refractivity contribution < 1.29 is 9.53 Å². The third kappa shape index (κ3) is 4.54. The Morgan fingerprint density at radius 3 is 2.29 bits per heavy atom. The van der Waals surface area contributed by atoms with Gasteiger partial charge in [-0.3, -0.25) is 10.2 Å². The molecule has 0 spiro atoms. The SMILES string of the molecule is CC(C)(C)OC(=O)N1CCN(C2CCC(N)C(N)N2)CC1. The Bertz CT molecular complexity index is 363. The largest absolute Gasteiger partial charge is 0.444 e. The molecule has 0 aliphatic carbocycles. The van der Waals surface area contributed by atoms with Crippen LogP contribution in [-0.4, -0.2) is 66.0 Å². The molecule has 7 heteroatoms. The second kappa shape index (κ2) is 6.48. The van der Waals surface area contributed by atoms with Gasteiger partial charge in [-0.1, -0.05) is 0 Å². The van der Waals surface area contributed by atoms with Crippen LogP contribution in [0.4, 0.5) is 4.79 Å². The summed E-state index contributed by atoms with van der Waals surface area (Å²) in [5.41, 5.74) is 11.4. The van der Waals surface area contributed by atoms with E-state index in [1.165, 1.54) is 0 Å². The Morgan fingerprint density at radius 1 is 1.14 bits per heavy atom. The molecular weight excluding hydrogens is 270 g/mol. The Kier molecular flexibility index (Phi) is 5.08. The minimum absolute atomic E-state index is 0.0318. The van der Waals surface area contributed by atoms with Crippen molar-refractivity contribution in [1.29, 1.82) is 0 Å². The third-order valence-electron chi connectivity index (χ3n) is 4.03. The van der Waals surface area contributed by atoms with E-state index in [1.807, 2.05) is 20.8 Å². The van der Waals surface area contributed by atoms with Crippen LogP contribution in [0.25, 0.3) is 0 Å². The minimum Gasteiger partial charge on any atom is -0.444 e. The summed E-state index contributed by atoms with van der Waals surface area (Å²) in [5.74, 6) is 0. The van der Waals surface area contributed by atoms with E-state index in [0.29, 0.717) is 13.1 Å². The number of amides is 1. The van der Waals surface area contributed by atoms with Gasteiger partial charge in [-0.2, -0.15) is 0 Å². The average molecular weight is 299 g/mol. The summed E-state index contributed by atoms with van der Waals surface area (Å²) in [6.07, 6.45) is 1.83. The zero-order valence-corrected chi connectivity index (χ0v) is 13.3. The van der Waals surface area contributed by atoms with Crippen LogP contribution in [0.5, 0.6) is 0 Å². The quantitative estimate of drug-likeness (QED) is 0.623. The van der Waals surface area contributed by atoms with Crippen LogP contribution in [0.2, 0.25) is 0 Å². The molecule has 2 heterocycles. The first-order valence-electron chi connectivity index (χ1n) is 7.75. The molecule has 21 heavy (non-hydrogen) atoms. The van der Waals surface area contributed by atoms with E-state index < -0.39 is 5.60 Å². The highest BCUT2D eigenvalue weighted by atomic mass is 16.6. The van der Waals surface area contributed by atoms with Gasteiger partial charge in [0, 0.05) is 32.2 Å². The van der Waals surface area contributed by atoms with Crippen LogP contribution in [0.3, 0.4) is 0 Å². The highest BCUT2D eigenvalue weighted by Gasteiger charge is 2.32. The highest BCUT2D eigenvalue weighted by Crippen LogP contribution is 2.17. The molecule has 1 amide bonds. The number of nitrogens with zero attached hydrogens (tertiary/aromatic N) is 2. The predicted octanol–water partition coefficient (Wildman–Crippen LogP) is -0.139. The van der Waals surface area contributed by atoms with Crippen molar-refractivity contribution in [3.05, 3.63) is 0 Å². The van der Waals surface area contributed by atoms with Crippen molar-refractivity contribution in [3.8, 4) is 0 Å². The molecule has 122 valence electrons. The molecule has 0 aromatic carbocycles. The van der Waals surface area contributed by atoms with Gasteiger partial charge in [0.1, 0.15) is 5.60 Å². The van der Waals surface area contributed by atoms with Crippen LogP contribution in [0.15, 0.2) is 0 Å². The lowest BCUT2D eigenvalue weighted by Gasteiger charge is -2.43. The molecule has 0 saturated carbocycles. The van der Waals surface area contributed by atoms with Crippen LogP contribution >= 0.6 is 0 Å². The molecule has 0 aromatic heterocycles. The van der Waals surface area contributed by atoms with Crippen molar-refractivity contribution in [2.45, 2.75) is 57.6 Å². The summed E-state index contributed by atoms with van der Waals surface area (Å²) in [7, 11) is 0. The van der Waals surface area contributed by atoms with Crippen molar-refractivity contribution >= 4 is 6.09 Å². The lowest BCUT2D eigenvalue weighted by atomic mass is 10.0. The standard InChI is InChI=1S/C14H29N5O2/c1-14(2,3)21-13(20)19-8-6-18(7-9-19)11-5-4-10(15)12(16)17-11/h10-12,17H,4-9,15-16H2,1-3H3. The van der Waals surface area contributed by atoms with Gasteiger partial charge in [0.05, 0.1) is 12.3 Å². The fourth-order valence-corrected chi connectivity index (χ4v) is 2.79. The van der Waals surface area contributed by atoms with E-state index in [1.54, 1.807) is 4.90 Å². The summed E-state index contributed by atoms with van der Waals surface area (Å²) in [5, 5.41) is 3.36. The Labute approximate surface area is 126 Å². The van der Waals surface area contributed by atoms with Gasteiger partial charge in [-0.05, 0) is 33.6 Å². The number of hydrogen-bond donors (Lipinski definition) is 3. The smallest absolute Gasteiger partial charge is 0.410 e. The summed E-state index contributed by atoms with van der Waals surface area (Å²) >= 11 is 0. The van der Waals surface area contributed by atoms with Gasteiger partial charge < -0.3 is 21.1 Å². The van der Waals surface area contributed by atoms with Gasteiger partial charge >= 0.3 is 6.09 Å². The van der Waals surface area contributed by atoms with E-state index in [9.17, 15) is 4.79 Å². The molecule has 3 unspecified atom stereocenters. The summed E-state index contributed by atoms with van der Waals surface area (Å²) in [6.45, 7) is 8.70. The molecule has 7 nitrogen and oxygen atoms in total. The second-order valence-corrected chi connectivity index (χ2v) is 6.95. The molecule has 5 N–H and O–H groups in total. The molecule has 3 atom stereocenters. The zero-order valence-electron chi connectivity index (χ0n) is 13.3. The van der Waals surface area contributed by atoms with E-state index in [2.05, 4.69) is 10.2 Å². The van der Waals surface area contributed by atoms with Crippen LogP contribution in [-0.2, 0) is 4.74 Å². The topological polar surface area (TPSA) is 96.8 Å². The first kappa shape index (κ1) is 16.5. The first-order valence-corrected chi connectivity index (χ1v) is 7.75. The lowest BCUT2D eigenvalue weighted by molar-refractivity contribution is 0.00404. The molecule has 2 aliphatic heterocycles. The van der Waals surface area contributed by atoms with Crippen molar-refractivity contribution in [2.24, 2.45) is 11.5 Å². The maximum Gasteiger partial charge on any atom is 0.410 e. The van der Waals surface area contributed by atoms with Crippen LogP contribution in [0.1, 0.15) is 33.6 Å². The van der Waals surface area contributed by atoms with Gasteiger partial charge in [-0.25, -0.2) is 4.79 Å². The second-order valence-electron chi connectivity index (χ2n) is 6.95. The molecule has 2 fully saturated rings. The van der Waals surface area contributed by atoms with Crippen LogP contribution < -0.4 is 16.8 Å². The van der Waals surface area contributed by atoms with E-state index >= 15 is 0 Å². The Balaban J connectivity index is 1.79. The number of rotatable bonds is 1. The molecule has 0 aromatic rings. The van der Waals surface area contributed by atoms with E-state index in [0.717, 1.165) is 25.9 Å². The lowest BCUT2D eigenvalue weighted by Crippen LogP contribution is -2.65. The fraction of sp³-hybridized carbons (Fsp3) is 0.929. The van der Waals surface area contributed by atoms with Gasteiger partial charge in [0.25, 0.3) is 0 Å². The number of carbonyl (C=O) groups excluding carboxylic acids is 1. The number of hydrogen-bond acceptors (Lipinski definition) is 6. The predicted molar refractivity (Wildman–Crippen MR) is 81.5 cm³/mol. The molecular formula is C14H29N5O2. The van der Waals surface area contributed by atoms with Gasteiger partial charge in [-0.15, -0.1) is 0 Å². The number of carbonyl (C=O) groups is 1.